The molecule has 4 aromatic rings. The Morgan fingerprint density at radius 1 is 1.06 bits per heavy atom. The molecule has 0 spiro atoms. The van der Waals surface area contributed by atoms with Crippen molar-refractivity contribution in [2.24, 2.45) is 5.10 Å². The molecule has 0 fully saturated rings. The number of nitrogens with one attached hydrogen (secondary N) is 1. The van der Waals surface area contributed by atoms with E-state index < -0.39 is 4.92 Å². The first-order valence-electron chi connectivity index (χ1n) is 9.79. The first kappa shape index (κ1) is 21.9. The second kappa shape index (κ2) is 9.88. The molecule has 0 atom stereocenters. The number of nitro benzene ring substituents is 1. The summed E-state index contributed by atoms with van der Waals surface area (Å²) >= 11 is 1.12. The van der Waals surface area contributed by atoms with Gasteiger partial charge in [-0.25, -0.2) is 10.4 Å². The number of carbonyl (C=O) groups is 1. The van der Waals surface area contributed by atoms with Gasteiger partial charge in [0, 0.05) is 12.1 Å². The SMILES string of the molecule is O=C(CSc1nc2ccccc2c(=O)n1-c1ccccc1)NN=Cc1ccc([N+](=O)[O-])cc1. The number of hydrazone groups is 1. The normalized spacial score (nSPS) is 11.0. The molecule has 0 radical (unpaired) electrons. The highest BCUT2D eigenvalue weighted by Crippen LogP contribution is 2.21. The van der Waals surface area contributed by atoms with E-state index in [0.29, 0.717) is 27.3 Å². The van der Waals surface area contributed by atoms with Gasteiger partial charge >= 0.3 is 0 Å². The van der Waals surface area contributed by atoms with Crippen LogP contribution in [0.4, 0.5) is 5.69 Å². The van der Waals surface area contributed by atoms with Crippen LogP contribution in [0.3, 0.4) is 0 Å². The largest absolute Gasteiger partial charge is 0.272 e. The highest BCUT2D eigenvalue weighted by Gasteiger charge is 2.14. The van der Waals surface area contributed by atoms with Gasteiger partial charge in [-0.3, -0.25) is 24.3 Å². The molecule has 33 heavy (non-hydrogen) atoms. The third kappa shape index (κ3) is 5.13. The molecular weight excluding hydrogens is 442 g/mol. The maximum atomic E-state index is 13.1. The molecule has 3 aromatic carbocycles. The lowest BCUT2D eigenvalue weighted by Gasteiger charge is -2.12. The minimum atomic E-state index is -0.490. The van der Waals surface area contributed by atoms with E-state index in [-0.39, 0.29) is 22.9 Å². The average molecular weight is 459 g/mol. The van der Waals surface area contributed by atoms with Gasteiger partial charge in [0.25, 0.3) is 17.2 Å². The second-order valence-corrected chi connectivity index (χ2v) is 7.76. The summed E-state index contributed by atoms with van der Waals surface area (Å²) in [4.78, 5) is 40.2. The van der Waals surface area contributed by atoms with Crippen LogP contribution in [0.1, 0.15) is 5.56 Å². The van der Waals surface area contributed by atoms with Crippen molar-refractivity contribution >= 4 is 40.5 Å². The van der Waals surface area contributed by atoms with Gasteiger partial charge in [0.1, 0.15) is 0 Å². The first-order valence-corrected chi connectivity index (χ1v) is 10.8. The first-order chi connectivity index (χ1) is 16.0. The van der Waals surface area contributed by atoms with Gasteiger partial charge in [-0.15, -0.1) is 0 Å². The molecule has 1 N–H and O–H groups in total. The Hall–Kier alpha value is -4.31. The van der Waals surface area contributed by atoms with Crippen LogP contribution in [0, 0.1) is 10.1 Å². The van der Waals surface area contributed by atoms with E-state index in [1.807, 2.05) is 18.2 Å². The van der Waals surface area contributed by atoms with Crippen LogP contribution in [0.5, 0.6) is 0 Å². The quantitative estimate of drug-likeness (QED) is 0.148. The smallest absolute Gasteiger partial charge is 0.269 e. The zero-order valence-corrected chi connectivity index (χ0v) is 17.9. The van der Waals surface area contributed by atoms with Gasteiger partial charge in [0.2, 0.25) is 0 Å². The standard InChI is InChI=1S/C23H17N5O4S/c29-21(26-24-14-16-10-12-18(13-11-16)28(31)32)15-33-23-25-20-9-5-4-8-19(20)22(30)27(23)17-6-2-1-3-7-17/h1-14H,15H2,(H,26,29). The maximum absolute atomic E-state index is 13.1. The number of hydrogen-bond acceptors (Lipinski definition) is 7. The predicted molar refractivity (Wildman–Crippen MR) is 127 cm³/mol. The van der Waals surface area contributed by atoms with Gasteiger partial charge in [-0.05, 0) is 42.0 Å². The summed E-state index contributed by atoms with van der Waals surface area (Å²) in [6.07, 6.45) is 1.39. The third-order valence-corrected chi connectivity index (χ3v) is 5.54. The van der Waals surface area contributed by atoms with Crippen molar-refractivity contribution < 1.29 is 9.72 Å². The third-order valence-electron chi connectivity index (χ3n) is 4.60. The number of rotatable bonds is 7. The number of hydrogen-bond donors (Lipinski definition) is 1. The predicted octanol–water partition coefficient (Wildman–Crippen LogP) is 3.54. The summed E-state index contributed by atoms with van der Waals surface area (Å²) in [6, 6.07) is 21.9. The molecule has 4 rings (SSSR count). The van der Waals surface area contributed by atoms with E-state index in [4.69, 9.17) is 0 Å². The van der Waals surface area contributed by atoms with Crippen molar-refractivity contribution in [2.45, 2.75) is 5.16 Å². The average Bonchev–Trinajstić information content (AvgIpc) is 2.84. The van der Waals surface area contributed by atoms with Crippen molar-refractivity contribution in [2.75, 3.05) is 5.75 Å². The summed E-state index contributed by atoms with van der Waals surface area (Å²) < 4.78 is 1.49. The van der Waals surface area contributed by atoms with Gasteiger partial charge in [-0.2, -0.15) is 5.10 Å². The minimum absolute atomic E-state index is 0.0186. The number of thioether (sulfide) groups is 1. The van der Waals surface area contributed by atoms with E-state index in [0.717, 1.165) is 11.8 Å². The molecule has 0 unspecified atom stereocenters. The van der Waals surface area contributed by atoms with Crippen LogP contribution in [0.15, 0.2) is 93.9 Å². The van der Waals surface area contributed by atoms with Gasteiger partial charge in [0.05, 0.1) is 33.5 Å². The van der Waals surface area contributed by atoms with Gasteiger partial charge < -0.3 is 0 Å². The van der Waals surface area contributed by atoms with Crippen LogP contribution >= 0.6 is 11.8 Å². The van der Waals surface area contributed by atoms with Crippen molar-refractivity contribution in [3.63, 3.8) is 0 Å². The summed E-state index contributed by atoms with van der Waals surface area (Å²) in [6.45, 7) is 0. The molecule has 1 aromatic heterocycles. The topological polar surface area (TPSA) is 119 Å². The molecule has 164 valence electrons. The Morgan fingerprint density at radius 3 is 2.48 bits per heavy atom. The lowest BCUT2D eigenvalue weighted by Crippen LogP contribution is -2.24. The number of amides is 1. The molecule has 9 nitrogen and oxygen atoms in total. The monoisotopic (exact) mass is 459 g/mol. The van der Waals surface area contributed by atoms with Crippen LogP contribution in [-0.4, -0.2) is 32.3 Å². The fourth-order valence-electron chi connectivity index (χ4n) is 3.04. The van der Waals surface area contributed by atoms with E-state index in [1.165, 1.54) is 35.0 Å². The lowest BCUT2D eigenvalue weighted by atomic mass is 10.2. The molecule has 0 saturated heterocycles. The van der Waals surface area contributed by atoms with E-state index in [1.54, 1.807) is 36.4 Å². The summed E-state index contributed by atoms with van der Waals surface area (Å²) in [7, 11) is 0. The molecule has 0 aliphatic rings. The van der Waals surface area contributed by atoms with Crippen molar-refractivity contribution in [3.05, 3.63) is 105 Å². The highest BCUT2D eigenvalue weighted by atomic mass is 32.2. The molecule has 0 aliphatic carbocycles. The zero-order chi connectivity index (χ0) is 23.2. The Balaban J connectivity index is 1.50. The van der Waals surface area contributed by atoms with Crippen molar-refractivity contribution in [1.82, 2.24) is 15.0 Å². The molecule has 0 saturated carbocycles. The molecule has 0 aliphatic heterocycles. The number of carbonyl (C=O) groups excluding carboxylic acids is 1. The van der Waals surface area contributed by atoms with E-state index >= 15 is 0 Å². The molecular formula is C23H17N5O4S. The number of non-ortho nitro benzene ring substituents is 1. The number of fused-ring (bicyclic) bond motifs is 1. The number of para-hydroxylation sites is 2. The molecule has 10 heteroatoms. The Kier molecular flexibility index (Phi) is 6.56. The summed E-state index contributed by atoms with van der Waals surface area (Å²) in [5.41, 5.74) is 3.97. The van der Waals surface area contributed by atoms with Crippen molar-refractivity contribution in [3.8, 4) is 5.69 Å². The Labute approximate surface area is 191 Å². The highest BCUT2D eigenvalue weighted by molar-refractivity contribution is 7.99. The van der Waals surface area contributed by atoms with Crippen molar-refractivity contribution in [1.29, 1.82) is 0 Å². The fraction of sp³-hybridized carbons (Fsp3) is 0.0435. The van der Waals surface area contributed by atoms with Crippen LogP contribution in [0.2, 0.25) is 0 Å². The minimum Gasteiger partial charge on any atom is -0.272 e. The fourth-order valence-corrected chi connectivity index (χ4v) is 3.84. The van der Waals surface area contributed by atoms with Crippen LogP contribution in [-0.2, 0) is 4.79 Å². The van der Waals surface area contributed by atoms with E-state index in [2.05, 4.69) is 15.5 Å². The second-order valence-electron chi connectivity index (χ2n) is 6.82. The number of nitro groups is 1. The molecule has 0 bridgehead atoms. The Morgan fingerprint density at radius 2 is 1.76 bits per heavy atom. The van der Waals surface area contributed by atoms with Gasteiger partial charge in [-0.1, -0.05) is 42.1 Å². The van der Waals surface area contributed by atoms with E-state index in [9.17, 15) is 19.7 Å². The Bertz CT molecular complexity index is 1400. The number of benzene rings is 3. The summed E-state index contributed by atoms with van der Waals surface area (Å²) in [5, 5.41) is 15.5. The zero-order valence-electron chi connectivity index (χ0n) is 17.1. The number of aromatic nitrogens is 2. The lowest BCUT2D eigenvalue weighted by molar-refractivity contribution is -0.384. The number of nitrogens with zero attached hydrogens (tertiary/aromatic N) is 4. The summed E-state index contributed by atoms with van der Waals surface area (Å²) in [5.74, 6) is -0.407. The molecule has 1 amide bonds. The molecule has 1 heterocycles. The maximum Gasteiger partial charge on any atom is 0.269 e. The van der Waals surface area contributed by atoms with Crippen LogP contribution in [0.25, 0.3) is 16.6 Å². The van der Waals surface area contributed by atoms with Gasteiger partial charge in [0.15, 0.2) is 5.16 Å². The van der Waals surface area contributed by atoms with Crippen LogP contribution < -0.4 is 11.0 Å².